The minimum Gasteiger partial charge on any atom is -0.494 e. The van der Waals surface area contributed by atoms with Gasteiger partial charge in [-0.2, -0.15) is 0 Å². The van der Waals surface area contributed by atoms with E-state index in [9.17, 15) is 9.18 Å². The Morgan fingerprint density at radius 1 is 0.971 bits per heavy atom. The quantitative estimate of drug-likeness (QED) is 0.293. The van der Waals surface area contributed by atoms with Gasteiger partial charge in [0.05, 0.1) is 23.2 Å². The van der Waals surface area contributed by atoms with Gasteiger partial charge in [0, 0.05) is 19.5 Å². The van der Waals surface area contributed by atoms with Crippen molar-refractivity contribution in [1.29, 1.82) is 0 Å². The van der Waals surface area contributed by atoms with Crippen molar-refractivity contribution in [1.82, 2.24) is 14.9 Å². The first-order valence-electron chi connectivity index (χ1n) is 11.8. The van der Waals surface area contributed by atoms with Crippen LogP contribution in [0.15, 0.2) is 72.8 Å². The molecule has 34 heavy (non-hydrogen) atoms. The van der Waals surface area contributed by atoms with Crippen LogP contribution in [0, 0.1) is 12.7 Å². The number of hydrogen-bond acceptors (Lipinski definition) is 3. The smallest absolute Gasteiger partial charge is 0.254 e. The fourth-order valence-corrected chi connectivity index (χ4v) is 3.95. The molecule has 3 aromatic carbocycles. The number of benzene rings is 3. The maximum Gasteiger partial charge on any atom is 0.254 e. The van der Waals surface area contributed by atoms with E-state index in [1.807, 2.05) is 30.3 Å². The molecular formula is C28H30FN3O2. The van der Waals surface area contributed by atoms with Gasteiger partial charge in [-0.25, -0.2) is 9.37 Å². The second-order valence-corrected chi connectivity index (χ2v) is 8.38. The fraction of sp³-hybridized carbons (Fsp3) is 0.286. The minimum absolute atomic E-state index is 0.0718. The summed E-state index contributed by atoms with van der Waals surface area (Å²) in [5.74, 6) is 1.01. The molecule has 0 unspecified atom stereocenters. The summed E-state index contributed by atoms with van der Waals surface area (Å²) in [4.78, 5) is 17.0. The van der Waals surface area contributed by atoms with Crippen molar-refractivity contribution < 1.29 is 13.9 Å². The highest BCUT2D eigenvalue weighted by Gasteiger charge is 2.12. The van der Waals surface area contributed by atoms with Crippen LogP contribution in [0.25, 0.3) is 11.0 Å². The maximum atomic E-state index is 13.8. The number of carbonyl (C=O) groups excluding carboxylic acids is 1. The van der Waals surface area contributed by atoms with Crippen molar-refractivity contribution in [3.8, 4) is 5.75 Å². The molecule has 1 heterocycles. The molecule has 0 radical (unpaired) electrons. The molecular weight excluding hydrogens is 429 g/mol. The molecule has 0 saturated carbocycles. The van der Waals surface area contributed by atoms with Crippen LogP contribution in [-0.2, 0) is 13.0 Å². The molecule has 0 bridgehead atoms. The zero-order valence-corrected chi connectivity index (χ0v) is 19.5. The van der Waals surface area contributed by atoms with Crippen molar-refractivity contribution in [2.45, 2.75) is 39.2 Å². The van der Waals surface area contributed by atoms with E-state index in [4.69, 9.17) is 9.72 Å². The molecule has 0 fully saturated rings. The molecule has 6 heteroatoms. The summed E-state index contributed by atoms with van der Waals surface area (Å²) in [5, 5.41) is 2.81. The van der Waals surface area contributed by atoms with E-state index in [1.54, 1.807) is 12.1 Å². The summed E-state index contributed by atoms with van der Waals surface area (Å²) < 4.78 is 21.9. The molecule has 5 nitrogen and oxygen atoms in total. The first-order chi connectivity index (χ1) is 16.6. The van der Waals surface area contributed by atoms with Gasteiger partial charge in [-0.3, -0.25) is 4.79 Å². The standard InChI is InChI=1S/C28H30FN3O2/c1-21-14-16-22(17-15-21)34-20-7-6-19-32-26-12-5-4-11-25(26)31-27(32)13-8-18-30-28(33)23-9-2-3-10-24(23)29/h2-5,9-12,14-17H,6-8,13,18-20H2,1H3,(H,30,33). The highest BCUT2D eigenvalue weighted by atomic mass is 19.1. The highest BCUT2D eigenvalue weighted by Crippen LogP contribution is 2.18. The van der Waals surface area contributed by atoms with Crippen molar-refractivity contribution in [2.75, 3.05) is 13.2 Å². The van der Waals surface area contributed by atoms with E-state index >= 15 is 0 Å². The van der Waals surface area contributed by atoms with E-state index in [0.717, 1.165) is 54.8 Å². The lowest BCUT2D eigenvalue weighted by Gasteiger charge is -2.11. The number of aromatic nitrogens is 2. The average Bonchev–Trinajstić information content (AvgIpc) is 3.20. The molecule has 1 amide bonds. The SMILES string of the molecule is Cc1ccc(OCCCCn2c(CCCNC(=O)c3ccccc3F)nc3ccccc32)cc1. The monoisotopic (exact) mass is 459 g/mol. The van der Waals surface area contributed by atoms with Gasteiger partial charge in [-0.05, 0) is 62.6 Å². The lowest BCUT2D eigenvalue weighted by molar-refractivity contribution is 0.0949. The lowest BCUT2D eigenvalue weighted by atomic mass is 10.2. The van der Waals surface area contributed by atoms with Crippen molar-refractivity contribution in [3.63, 3.8) is 0 Å². The number of para-hydroxylation sites is 2. The predicted octanol–water partition coefficient (Wildman–Crippen LogP) is 5.71. The topological polar surface area (TPSA) is 56.1 Å². The van der Waals surface area contributed by atoms with Gasteiger partial charge in [0.2, 0.25) is 0 Å². The molecule has 4 aromatic rings. The van der Waals surface area contributed by atoms with Gasteiger partial charge in [0.15, 0.2) is 0 Å². The van der Waals surface area contributed by atoms with Gasteiger partial charge in [0.1, 0.15) is 17.4 Å². The number of carbonyl (C=O) groups is 1. The van der Waals surface area contributed by atoms with Crippen molar-refractivity contribution in [2.24, 2.45) is 0 Å². The van der Waals surface area contributed by atoms with Crippen LogP contribution >= 0.6 is 0 Å². The minimum atomic E-state index is -0.506. The summed E-state index contributed by atoms with van der Waals surface area (Å²) in [5.41, 5.74) is 3.39. The highest BCUT2D eigenvalue weighted by molar-refractivity contribution is 5.94. The van der Waals surface area contributed by atoms with Gasteiger partial charge in [-0.15, -0.1) is 0 Å². The number of unbranched alkanes of at least 4 members (excludes halogenated alkanes) is 1. The largest absolute Gasteiger partial charge is 0.494 e. The van der Waals surface area contributed by atoms with E-state index < -0.39 is 5.82 Å². The third kappa shape index (κ3) is 6.01. The van der Waals surface area contributed by atoms with Gasteiger partial charge < -0.3 is 14.6 Å². The Balaban J connectivity index is 1.29. The Morgan fingerprint density at radius 3 is 2.56 bits per heavy atom. The summed E-state index contributed by atoms with van der Waals surface area (Å²) in [6.45, 7) is 4.05. The first-order valence-corrected chi connectivity index (χ1v) is 11.8. The lowest BCUT2D eigenvalue weighted by Crippen LogP contribution is -2.25. The number of hydrogen-bond donors (Lipinski definition) is 1. The molecule has 0 spiro atoms. The van der Waals surface area contributed by atoms with Crippen molar-refractivity contribution in [3.05, 3.63) is 95.6 Å². The number of amides is 1. The summed E-state index contributed by atoms with van der Waals surface area (Å²) in [7, 11) is 0. The normalized spacial score (nSPS) is 11.0. The van der Waals surface area contributed by atoms with Crippen LogP contribution in [0.1, 0.15) is 41.0 Å². The first kappa shape index (κ1) is 23.5. The van der Waals surface area contributed by atoms with Crippen LogP contribution in [0.2, 0.25) is 0 Å². The Bertz CT molecular complexity index is 1230. The number of nitrogens with one attached hydrogen (secondary N) is 1. The zero-order chi connectivity index (χ0) is 23.8. The van der Waals surface area contributed by atoms with Gasteiger partial charge in [-0.1, -0.05) is 42.0 Å². The number of rotatable bonds is 11. The molecule has 0 aliphatic rings. The number of nitrogens with zero attached hydrogens (tertiary/aromatic N) is 2. The molecule has 176 valence electrons. The third-order valence-corrected chi connectivity index (χ3v) is 5.78. The molecule has 0 aliphatic carbocycles. The van der Waals surface area contributed by atoms with Crippen LogP contribution in [0.5, 0.6) is 5.75 Å². The maximum absolute atomic E-state index is 13.8. The van der Waals surface area contributed by atoms with E-state index in [-0.39, 0.29) is 11.5 Å². The zero-order valence-electron chi connectivity index (χ0n) is 19.5. The fourth-order valence-electron chi connectivity index (χ4n) is 3.95. The number of halogens is 1. The summed E-state index contributed by atoms with van der Waals surface area (Å²) in [6, 6.07) is 22.3. The Morgan fingerprint density at radius 2 is 1.74 bits per heavy atom. The number of ether oxygens (including phenoxy) is 1. The molecule has 1 aromatic heterocycles. The van der Waals surface area contributed by atoms with Crippen LogP contribution in [0.4, 0.5) is 4.39 Å². The van der Waals surface area contributed by atoms with E-state index in [1.165, 1.54) is 17.7 Å². The second-order valence-electron chi connectivity index (χ2n) is 8.38. The van der Waals surface area contributed by atoms with Gasteiger partial charge in [0.25, 0.3) is 5.91 Å². The van der Waals surface area contributed by atoms with Crippen LogP contribution in [0.3, 0.4) is 0 Å². The Hall–Kier alpha value is -3.67. The summed E-state index contributed by atoms with van der Waals surface area (Å²) in [6.07, 6.45) is 3.37. The third-order valence-electron chi connectivity index (χ3n) is 5.78. The predicted molar refractivity (Wildman–Crippen MR) is 133 cm³/mol. The number of aryl methyl sites for hydroxylation is 3. The van der Waals surface area contributed by atoms with Gasteiger partial charge >= 0.3 is 0 Å². The molecule has 1 N–H and O–H groups in total. The van der Waals surface area contributed by atoms with Crippen LogP contribution in [-0.4, -0.2) is 28.6 Å². The van der Waals surface area contributed by atoms with Crippen LogP contribution < -0.4 is 10.1 Å². The number of imidazole rings is 1. The average molecular weight is 460 g/mol. The van der Waals surface area contributed by atoms with E-state index in [0.29, 0.717) is 13.2 Å². The number of fused-ring (bicyclic) bond motifs is 1. The van der Waals surface area contributed by atoms with E-state index in [2.05, 4.69) is 35.0 Å². The summed E-state index contributed by atoms with van der Waals surface area (Å²) >= 11 is 0. The Kier molecular flexibility index (Phi) is 7.91. The van der Waals surface area contributed by atoms with Crippen molar-refractivity contribution >= 4 is 16.9 Å². The molecule has 0 aliphatic heterocycles. The molecule has 0 saturated heterocycles. The molecule has 0 atom stereocenters. The Labute approximate surface area is 199 Å². The molecule has 4 rings (SSSR count). The second kappa shape index (κ2) is 11.5.